The van der Waals surface area contributed by atoms with Gasteiger partial charge in [0.15, 0.2) is 0 Å². The summed E-state index contributed by atoms with van der Waals surface area (Å²) in [7, 11) is 1.87. The minimum absolute atomic E-state index is 0.0285. The second kappa shape index (κ2) is 5.90. The van der Waals surface area contributed by atoms with Gasteiger partial charge in [0, 0.05) is 31.4 Å². The molecule has 1 aromatic heterocycles. The lowest BCUT2D eigenvalue weighted by Crippen LogP contribution is -2.30. The van der Waals surface area contributed by atoms with Crippen LogP contribution in [0, 0.1) is 11.6 Å². The molecule has 0 aliphatic heterocycles. The summed E-state index contributed by atoms with van der Waals surface area (Å²) in [5.74, 6) is 5.06. The van der Waals surface area contributed by atoms with Crippen LogP contribution >= 0.6 is 0 Å². The van der Waals surface area contributed by atoms with Crippen LogP contribution in [-0.4, -0.2) is 9.55 Å². The molecular weight excluding hydrogens is 250 g/mol. The molecule has 4 nitrogen and oxygen atoms in total. The number of nitrogens with one attached hydrogen (secondary N) is 1. The molecule has 0 amide bonds. The molecule has 0 fully saturated rings. The highest BCUT2D eigenvalue weighted by Crippen LogP contribution is 2.23. The third-order valence-electron chi connectivity index (χ3n) is 3.13. The molecule has 0 spiro atoms. The van der Waals surface area contributed by atoms with Crippen molar-refractivity contribution in [3.63, 3.8) is 0 Å². The maximum Gasteiger partial charge on any atom is 0.130 e. The van der Waals surface area contributed by atoms with Crippen molar-refractivity contribution in [2.24, 2.45) is 12.9 Å². The van der Waals surface area contributed by atoms with Gasteiger partial charge >= 0.3 is 0 Å². The molecule has 0 aliphatic carbocycles. The van der Waals surface area contributed by atoms with Gasteiger partial charge in [-0.3, -0.25) is 11.3 Å². The molecule has 0 saturated carbocycles. The monoisotopic (exact) mass is 266 g/mol. The number of benzene rings is 1. The van der Waals surface area contributed by atoms with E-state index in [9.17, 15) is 8.78 Å². The Labute approximate surface area is 110 Å². The second-order valence-corrected chi connectivity index (χ2v) is 4.35. The number of imidazole rings is 1. The van der Waals surface area contributed by atoms with Crippen LogP contribution < -0.4 is 11.3 Å². The van der Waals surface area contributed by atoms with E-state index in [4.69, 9.17) is 5.84 Å². The molecule has 19 heavy (non-hydrogen) atoms. The van der Waals surface area contributed by atoms with Gasteiger partial charge in [0.25, 0.3) is 0 Å². The van der Waals surface area contributed by atoms with Crippen molar-refractivity contribution in [1.82, 2.24) is 15.0 Å². The van der Waals surface area contributed by atoms with Crippen LogP contribution in [0.5, 0.6) is 0 Å². The predicted octanol–water partition coefficient (Wildman–Crippen LogP) is 1.84. The van der Waals surface area contributed by atoms with Crippen molar-refractivity contribution in [2.75, 3.05) is 0 Å². The topological polar surface area (TPSA) is 55.9 Å². The first-order valence-corrected chi connectivity index (χ1v) is 5.99. The number of nitrogens with zero attached hydrogens (tertiary/aromatic N) is 2. The fraction of sp³-hybridized carbons (Fsp3) is 0.308. The third kappa shape index (κ3) is 2.97. The summed E-state index contributed by atoms with van der Waals surface area (Å²) in [5, 5.41) is 0. The van der Waals surface area contributed by atoms with E-state index in [1.54, 1.807) is 6.20 Å². The van der Waals surface area contributed by atoms with Gasteiger partial charge in [-0.1, -0.05) is 6.07 Å². The van der Waals surface area contributed by atoms with Crippen molar-refractivity contribution in [3.8, 4) is 0 Å². The molecule has 102 valence electrons. The molecule has 0 bridgehead atoms. The van der Waals surface area contributed by atoms with Crippen LogP contribution in [0.15, 0.2) is 30.6 Å². The quantitative estimate of drug-likeness (QED) is 0.641. The molecule has 1 unspecified atom stereocenters. The van der Waals surface area contributed by atoms with Gasteiger partial charge < -0.3 is 4.57 Å². The number of hydrogen-bond donors (Lipinski definition) is 2. The Morgan fingerprint density at radius 1 is 1.37 bits per heavy atom. The zero-order valence-electron chi connectivity index (χ0n) is 10.6. The van der Waals surface area contributed by atoms with Gasteiger partial charge in [0.1, 0.15) is 17.5 Å². The number of halogens is 2. The number of aromatic nitrogens is 2. The maximum atomic E-state index is 13.7. The highest BCUT2D eigenvalue weighted by atomic mass is 19.1. The SMILES string of the molecule is Cn1ccnc1CCC(NN)c1c(F)cccc1F. The number of hydrazine groups is 1. The highest BCUT2D eigenvalue weighted by Gasteiger charge is 2.19. The van der Waals surface area contributed by atoms with Gasteiger partial charge in [0.2, 0.25) is 0 Å². The Kier molecular flexibility index (Phi) is 4.24. The lowest BCUT2D eigenvalue weighted by atomic mass is 10.0. The summed E-state index contributed by atoms with van der Waals surface area (Å²) in [4.78, 5) is 4.17. The van der Waals surface area contributed by atoms with Crippen LogP contribution in [-0.2, 0) is 13.5 Å². The Balaban J connectivity index is 2.15. The lowest BCUT2D eigenvalue weighted by Gasteiger charge is -2.17. The summed E-state index contributed by atoms with van der Waals surface area (Å²) in [6, 6.07) is 3.20. The first kappa shape index (κ1) is 13.6. The summed E-state index contributed by atoms with van der Waals surface area (Å²) < 4.78 is 29.2. The van der Waals surface area contributed by atoms with Crippen molar-refractivity contribution < 1.29 is 8.78 Å². The molecule has 1 atom stereocenters. The van der Waals surface area contributed by atoms with Crippen molar-refractivity contribution in [1.29, 1.82) is 0 Å². The molecule has 1 aromatic carbocycles. The van der Waals surface area contributed by atoms with Crippen LogP contribution in [0.25, 0.3) is 0 Å². The summed E-state index contributed by atoms with van der Waals surface area (Å²) in [5.41, 5.74) is 2.44. The fourth-order valence-electron chi connectivity index (χ4n) is 2.07. The minimum Gasteiger partial charge on any atom is -0.338 e. The standard InChI is InChI=1S/C13H16F2N4/c1-19-8-7-17-12(19)6-5-11(18-16)13-9(14)3-2-4-10(13)15/h2-4,7-8,11,18H,5-6,16H2,1H3. The van der Waals surface area contributed by atoms with Crippen molar-refractivity contribution >= 4 is 0 Å². The predicted molar refractivity (Wildman–Crippen MR) is 68.0 cm³/mol. The zero-order chi connectivity index (χ0) is 13.8. The highest BCUT2D eigenvalue weighted by molar-refractivity contribution is 5.23. The number of aryl methyl sites for hydroxylation is 2. The van der Waals surface area contributed by atoms with Crippen LogP contribution in [0.1, 0.15) is 23.9 Å². The van der Waals surface area contributed by atoms with Crippen LogP contribution in [0.4, 0.5) is 8.78 Å². The van der Waals surface area contributed by atoms with E-state index in [2.05, 4.69) is 10.4 Å². The van der Waals surface area contributed by atoms with Crippen molar-refractivity contribution in [2.45, 2.75) is 18.9 Å². The summed E-state index contributed by atoms with van der Waals surface area (Å²) >= 11 is 0. The number of hydrogen-bond acceptors (Lipinski definition) is 3. The van der Waals surface area contributed by atoms with E-state index in [1.165, 1.54) is 18.2 Å². The second-order valence-electron chi connectivity index (χ2n) is 4.35. The molecular formula is C13H16F2N4. The van der Waals surface area contributed by atoms with Crippen LogP contribution in [0.2, 0.25) is 0 Å². The minimum atomic E-state index is -0.595. The lowest BCUT2D eigenvalue weighted by molar-refractivity contribution is 0.449. The molecule has 2 aromatic rings. The molecule has 3 N–H and O–H groups in total. The molecule has 0 aliphatic rings. The third-order valence-corrected chi connectivity index (χ3v) is 3.13. The fourth-order valence-corrected chi connectivity index (χ4v) is 2.07. The van der Waals surface area contributed by atoms with Gasteiger partial charge in [-0.15, -0.1) is 0 Å². The van der Waals surface area contributed by atoms with Crippen molar-refractivity contribution in [3.05, 3.63) is 53.6 Å². The maximum absolute atomic E-state index is 13.7. The van der Waals surface area contributed by atoms with E-state index in [0.29, 0.717) is 12.8 Å². The van der Waals surface area contributed by atoms with E-state index in [1.807, 2.05) is 17.8 Å². The van der Waals surface area contributed by atoms with E-state index < -0.39 is 17.7 Å². The molecule has 6 heteroatoms. The van der Waals surface area contributed by atoms with E-state index in [0.717, 1.165) is 5.82 Å². The van der Waals surface area contributed by atoms with Gasteiger partial charge in [-0.05, 0) is 18.6 Å². The Hall–Kier alpha value is -1.79. The normalized spacial score (nSPS) is 12.6. The Bertz CT molecular complexity index is 533. The van der Waals surface area contributed by atoms with Gasteiger partial charge in [-0.2, -0.15) is 0 Å². The van der Waals surface area contributed by atoms with Crippen LogP contribution in [0.3, 0.4) is 0 Å². The Morgan fingerprint density at radius 3 is 2.58 bits per heavy atom. The van der Waals surface area contributed by atoms with Gasteiger partial charge in [0.05, 0.1) is 6.04 Å². The summed E-state index contributed by atoms with van der Waals surface area (Å²) in [6.45, 7) is 0. The number of nitrogens with two attached hydrogens (primary N) is 1. The molecule has 0 radical (unpaired) electrons. The smallest absolute Gasteiger partial charge is 0.130 e. The average Bonchev–Trinajstić information content (AvgIpc) is 2.78. The average molecular weight is 266 g/mol. The summed E-state index contributed by atoms with van der Waals surface area (Å²) in [6.07, 6.45) is 4.54. The zero-order valence-corrected chi connectivity index (χ0v) is 10.6. The van der Waals surface area contributed by atoms with Gasteiger partial charge in [-0.25, -0.2) is 13.8 Å². The van der Waals surface area contributed by atoms with E-state index >= 15 is 0 Å². The Morgan fingerprint density at radius 2 is 2.05 bits per heavy atom. The molecule has 1 heterocycles. The molecule has 0 saturated heterocycles. The molecule has 2 rings (SSSR count). The number of rotatable bonds is 5. The first-order valence-electron chi connectivity index (χ1n) is 5.99. The largest absolute Gasteiger partial charge is 0.338 e. The first-order chi connectivity index (χ1) is 9.13. The van der Waals surface area contributed by atoms with E-state index in [-0.39, 0.29) is 5.56 Å².